The molecule has 3 rings (SSSR count). The molecule has 0 aliphatic heterocycles. The molecule has 32 heavy (non-hydrogen) atoms. The maximum absolute atomic E-state index is 13.1. The van der Waals surface area contributed by atoms with Crippen LogP contribution in [0.15, 0.2) is 77.4 Å². The molecule has 2 aromatic carbocycles. The van der Waals surface area contributed by atoms with E-state index < -0.39 is 11.9 Å². The third-order valence-corrected chi connectivity index (χ3v) is 4.69. The Balaban J connectivity index is 1.65. The summed E-state index contributed by atoms with van der Waals surface area (Å²) in [7, 11) is 0. The summed E-state index contributed by atoms with van der Waals surface area (Å²) in [4.78, 5) is 25.6. The van der Waals surface area contributed by atoms with Gasteiger partial charge < -0.3 is 24.5 Å². The molecule has 1 aromatic heterocycles. The predicted molar refractivity (Wildman–Crippen MR) is 121 cm³/mol. The average molecular weight is 437 g/mol. The van der Waals surface area contributed by atoms with Gasteiger partial charge in [-0.15, -0.1) is 0 Å². The highest BCUT2D eigenvalue weighted by molar-refractivity contribution is 6.00. The monoisotopic (exact) mass is 436 g/mol. The van der Waals surface area contributed by atoms with Crippen LogP contribution in [0.1, 0.15) is 28.6 Å². The minimum absolute atomic E-state index is 0.155. The van der Waals surface area contributed by atoms with E-state index in [1.807, 2.05) is 55.5 Å². The molecule has 0 fully saturated rings. The van der Waals surface area contributed by atoms with Crippen LogP contribution in [0.25, 0.3) is 0 Å². The summed E-state index contributed by atoms with van der Waals surface area (Å²) in [5.41, 5.74) is 2.49. The number of rotatable bonds is 12. The Morgan fingerprint density at radius 3 is 2.47 bits per heavy atom. The van der Waals surface area contributed by atoms with Gasteiger partial charge in [0.05, 0.1) is 26.1 Å². The highest BCUT2D eigenvalue weighted by Crippen LogP contribution is 2.14. The van der Waals surface area contributed by atoms with Gasteiger partial charge in [-0.1, -0.05) is 42.5 Å². The fourth-order valence-corrected chi connectivity index (χ4v) is 3.12. The van der Waals surface area contributed by atoms with Crippen molar-refractivity contribution in [3.05, 3.63) is 89.9 Å². The Bertz CT molecular complexity index is 973. The second kappa shape index (κ2) is 12.4. The molecule has 0 bridgehead atoms. The first-order valence-electron chi connectivity index (χ1n) is 10.6. The summed E-state index contributed by atoms with van der Waals surface area (Å²) in [5, 5.41) is 5.67. The van der Waals surface area contributed by atoms with Crippen LogP contribution in [0, 0.1) is 0 Å². The van der Waals surface area contributed by atoms with E-state index in [1.165, 1.54) is 6.26 Å². The third kappa shape index (κ3) is 7.37. The number of anilines is 1. The number of ether oxygens (including phenoxy) is 2. The van der Waals surface area contributed by atoms with Crippen molar-refractivity contribution in [2.45, 2.75) is 26.0 Å². The van der Waals surface area contributed by atoms with Gasteiger partial charge in [-0.25, -0.2) is 0 Å². The van der Waals surface area contributed by atoms with Crippen LogP contribution in [0.2, 0.25) is 0 Å². The molecule has 2 amide bonds. The van der Waals surface area contributed by atoms with Crippen molar-refractivity contribution in [2.24, 2.45) is 0 Å². The summed E-state index contributed by atoms with van der Waals surface area (Å²) in [6.45, 7) is 4.06. The van der Waals surface area contributed by atoms with Crippen LogP contribution in [-0.2, 0) is 27.3 Å². The van der Waals surface area contributed by atoms with Crippen LogP contribution in [0.3, 0.4) is 0 Å². The van der Waals surface area contributed by atoms with E-state index in [1.54, 1.807) is 18.2 Å². The Morgan fingerprint density at radius 1 is 0.938 bits per heavy atom. The van der Waals surface area contributed by atoms with Crippen molar-refractivity contribution >= 4 is 17.5 Å². The molecular formula is C25H28N2O5. The molecule has 0 aliphatic rings. The molecule has 0 saturated heterocycles. The number of nitrogens with one attached hydrogen (secondary N) is 2. The lowest BCUT2D eigenvalue weighted by Crippen LogP contribution is -2.45. The average Bonchev–Trinajstić information content (AvgIpc) is 3.35. The molecule has 0 spiro atoms. The smallest absolute Gasteiger partial charge is 0.287 e. The molecule has 0 aliphatic carbocycles. The molecule has 1 atom stereocenters. The van der Waals surface area contributed by atoms with Gasteiger partial charge in [0.15, 0.2) is 5.76 Å². The first-order valence-corrected chi connectivity index (χ1v) is 10.6. The number of amides is 2. The number of benzene rings is 2. The zero-order valence-corrected chi connectivity index (χ0v) is 18.1. The number of carbonyl (C=O) groups excluding carboxylic acids is 2. The van der Waals surface area contributed by atoms with E-state index >= 15 is 0 Å². The Labute approximate surface area is 187 Å². The lowest BCUT2D eigenvalue weighted by molar-refractivity contribution is -0.118. The van der Waals surface area contributed by atoms with Crippen LogP contribution in [-0.4, -0.2) is 37.7 Å². The molecule has 2 N–H and O–H groups in total. The van der Waals surface area contributed by atoms with Crippen LogP contribution in [0.5, 0.6) is 0 Å². The molecule has 7 heteroatoms. The van der Waals surface area contributed by atoms with Crippen molar-refractivity contribution in [2.75, 3.05) is 25.1 Å². The molecule has 1 heterocycles. The van der Waals surface area contributed by atoms with Gasteiger partial charge in [-0.05, 0) is 42.3 Å². The second-order valence-corrected chi connectivity index (χ2v) is 7.13. The van der Waals surface area contributed by atoms with Crippen molar-refractivity contribution in [3.63, 3.8) is 0 Å². The maximum Gasteiger partial charge on any atom is 0.287 e. The van der Waals surface area contributed by atoms with Crippen LogP contribution in [0.4, 0.5) is 5.69 Å². The van der Waals surface area contributed by atoms with Crippen molar-refractivity contribution in [1.82, 2.24) is 5.32 Å². The molecule has 168 valence electrons. The fourth-order valence-electron chi connectivity index (χ4n) is 3.12. The Kier molecular flexibility index (Phi) is 9.04. The Hall–Kier alpha value is -3.42. The number of carbonyl (C=O) groups is 2. The normalized spacial score (nSPS) is 11.7. The Morgan fingerprint density at radius 2 is 1.72 bits per heavy atom. The lowest BCUT2D eigenvalue weighted by atomic mass is 10.0. The minimum Gasteiger partial charge on any atom is -0.459 e. The number of hydrogen-bond donors (Lipinski definition) is 2. The van der Waals surface area contributed by atoms with Crippen LogP contribution >= 0.6 is 0 Å². The topological polar surface area (TPSA) is 89.8 Å². The van der Waals surface area contributed by atoms with E-state index in [0.717, 1.165) is 11.1 Å². The molecule has 3 aromatic rings. The molecule has 7 nitrogen and oxygen atoms in total. The first-order chi connectivity index (χ1) is 15.7. The van der Waals surface area contributed by atoms with E-state index in [-0.39, 0.29) is 11.7 Å². The van der Waals surface area contributed by atoms with Crippen molar-refractivity contribution < 1.29 is 23.5 Å². The van der Waals surface area contributed by atoms with Gasteiger partial charge in [0, 0.05) is 18.7 Å². The zero-order chi connectivity index (χ0) is 22.6. The van der Waals surface area contributed by atoms with E-state index in [0.29, 0.717) is 38.5 Å². The summed E-state index contributed by atoms with van der Waals surface area (Å²) >= 11 is 0. The summed E-state index contributed by atoms with van der Waals surface area (Å²) in [5.74, 6) is -0.604. The van der Waals surface area contributed by atoms with Gasteiger partial charge in [0.2, 0.25) is 5.91 Å². The highest BCUT2D eigenvalue weighted by atomic mass is 16.5. The molecule has 0 radical (unpaired) electrons. The van der Waals surface area contributed by atoms with E-state index in [2.05, 4.69) is 10.6 Å². The van der Waals surface area contributed by atoms with Gasteiger partial charge in [0.1, 0.15) is 6.04 Å². The molecule has 1 unspecified atom stereocenters. The van der Waals surface area contributed by atoms with Crippen LogP contribution < -0.4 is 10.6 Å². The highest BCUT2D eigenvalue weighted by Gasteiger charge is 2.23. The van der Waals surface area contributed by atoms with E-state index in [9.17, 15) is 9.59 Å². The summed E-state index contributed by atoms with van der Waals surface area (Å²) in [6.07, 6.45) is 1.77. The maximum atomic E-state index is 13.1. The summed E-state index contributed by atoms with van der Waals surface area (Å²) in [6, 6.07) is 19.4. The second-order valence-electron chi connectivity index (χ2n) is 7.13. The minimum atomic E-state index is -0.777. The fraction of sp³-hybridized carbons (Fsp3) is 0.280. The lowest BCUT2D eigenvalue weighted by Gasteiger charge is -2.18. The van der Waals surface area contributed by atoms with Crippen molar-refractivity contribution in [1.29, 1.82) is 0 Å². The van der Waals surface area contributed by atoms with Gasteiger partial charge in [-0.3, -0.25) is 9.59 Å². The quantitative estimate of drug-likeness (QED) is 0.422. The summed E-state index contributed by atoms with van der Waals surface area (Å²) < 4.78 is 16.0. The third-order valence-electron chi connectivity index (χ3n) is 4.69. The van der Waals surface area contributed by atoms with Gasteiger partial charge in [0.25, 0.3) is 5.91 Å². The first kappa shape index (κ1) is 23.2. The largest absolute Gasteiger partial charge is 0.459 e. The van der Waals surface area contributed by atoms with E-state index in [4.69, 9.17) is 13.9 Å². The standard InChI is InChI=1S/C25H28N2O5/c1-2-30-14-15-31-18-20-10-6-11-21(16-20)26-24(28)22(17-19-8-4-3-5-9-19)27-25(29)23-12-7-13-32-23/h3-13,16,22H,2,14-15,17-18H2,1H3,(H,26,28)(H,27,29). The molecular weight excluding hydrogens is 408 g/mol. The predicted octanol–water partition coefficient (Wildman–Crippen LogP) is 3.81. The van der Waals surface area contributed by atoms with Crippen molar-refractivity contribution in [3.8, 4) is 0 Å². The number of hydrogen-bond acceptors (Lipinski definition) is 5. The SMILES string of the molecule is CCOCCOCc1cccc(NC(=O)C(Cc2ccccc2)NC(=O)c2ccco2)c1. The van der Waals surface area contributed by atoms with Gasteiger partial charge >= 0.3 is 0 Å². The van der Waals surface area contributed by atoms with Gasteiger partial charge in [-0.2, -0.15) is 0 Å². The number of furan rings is 1. The zero-order valence-electron chi connectivity index (χ0n) is 18.1. The molecule has 0 saturated carbocycles.